The Morgan fingerprint density at radius 1 is 1.15 bits per heavy atom. The predicted octanol–water partition coefficient (Wildman–Crippen LogP) is 4.06. The van der Waals surface area contributed by atoms with Crippen LogP contribution >= 0.6 is 11.8 Å². The molecule has 0 unspecified atom stereocenters. The normalized spacial score (nSPS) is 17.6. The third-order valence-corrected chi connectivity index (χ3v) is 4.53. The number of rotatable bonds is 6. The van der Waals surface area contributed by atoms with Gasteiger partial charge < -0.3 is 9.15 Å². The highest BCUT2D eigenvalue weighted by Crippen LogP contribution is 2.26. The molecule has 0 amide bonds. The van der Waals surface area contributed by atoms with Gasteiger partial charge in [0.1, 0.15) is 0 Å². The molecule has 0 spiro atoms. The molecular weight excluding hydrogens is 272 g/mol. The lowest BCUT2D eigenvalue weighted by atomic mass is 9.94. The Morgan fingerprint density at radius 2 is 1.90 bits per heavy atom. The molecule has 1 saturated heterocycles. The number of thioether (sulfide) groups is 1. The summed E-state index contributed by atoms with van der Waals surface area (Å²) in [5.74, 6) is 2.67. The molecule has 0 saturated carbocycles. The highest BCUT2D eigenvalue weighted by Gasteiger charge is 2.21. The topological polar surface area (TPSA) is 48.2 Å². The molecule has 20 heavy (non-hydrogen) atoms. The Morgan fingerprint density at radius 3 is 2.55 bits per heavy atom. The zero-order valence-electron chi connectivity index (χ0n) is 12.9. The van der Waals surface area contributed by atoms with Gasteiger partial charge in [-0.2, -0.15) is 0 Å². The van der Waals surface area contributed by atoms with Crippen LogP contribution in [0.25, 0.3) is 0 Å². The SMILES string of the molecule is CC(C)(C)c1nnc(SCCCCC2CCOCC2)o1. The Balaban J connectivity index is 1.60. The third-order valence-electron chi connectivity index (χ3n) is 3.62. The van der Waals surface area contributed by atoms with Crippen molar-refractivity contribution < 1.29 is 9.15 Å². The first-order valence-electron chi connectivity index (χ1n) is 7.60. The van der Waals surface area contributed by atoms with Gasteiger partial charge in [-0.3, -0.25) is 0 Å². The molecule has 0 atom stereocenters. The molecular formula is C15H26N2O2S. The van der Waals surface area contributed by atoms with E-state index in [-0.39, 0.29) is 5.41 Å². The lowest BCUT2D eigenvalue weighted by molar-refractivity contribution is 0.0633. The maximum atomic E-state index is 5.67. The first-order valence-corrected chi connectivity index (χ1v) is 8.59. The van der Waals surface area contributed by atoms with Crippen molar-refractivity contribution >= 4 is 11.8 Å². The molecule has 114 valence electrons. The molecule has 2 heterocycles. The molecule has 4 nitrogen and oxygen atoms in total. The van der Waals surface area contributed by atoms with Crippen molar-refractivity contribution in [2.24, 2.45) is 5.92 Å². The lowest BCUT2D eigenvalue weighted by Crippen LogP contribution is -2.15. The third kappa shape index (κ3) is 5.09. The minimum absolute atomic E-state index is 0.0607. The monoisotopic (exact) mass is 298 g/mol. The molecule has 0 aromatic carbocycles. The number of nitrogens with zero attached hydrogens (tertiary/aromatic N) is 2. The average Bonchev–Trinajstić information content (AvgIpc) is 2.88. The fourth-order valence-corrected chi connectivity index (χ4v) is 3.06. The smallest absolute Gasteiger partial charge is 0.276 e. The summed E-state index contributed by atoms with van der Waals surface area (Å²) in [6.07, 6.45) is 6.33. The molecule has 1 aliphatic heterocycles. The van der Waals surface area contributed by atoms with Crippen molar-refractivity contribution in [2.45, 2.75) is 63.5 Å². The van der Waals surface area contributed by atoms with Crippen molar-refractivity contribution in [2.75, 3.05) is 19.0 Å². The molecule has 1 aromatic heterocycles. The lowest BCUT2D eigenvalue weighted by Gasteiger charge is -2.21. The van der Waals surface area contributed by atoms with Gasteiger partial charge in [0.25, 0.3) is 5.22 Å². The van der Waals surface area contributed by atoms with Gasteiger partial charge in [0, 0.05) is 24.4 Å². The van der Waals surface area contributed by atoms with E-state index in [0.29, 0.717) is 5.22 Å². The first-order chi connectivity index (χ1) is 9.55. The van der Waals surface area contributed by atoms with Gasteiger partial charge in [0.05, 0.1) is 0 Å². The van der Waals surface area contributed by atoms with Crippen LogP contribution in [0.4, 0.5) is 0 Å². The van der Waals surface area contributed by atoms with Crippen LogP contribution < -0.4 is 0 Å². The van der Waals surface area contributed by atoms with Crippen LogP contribution in [0, 0.1) is 5.92 Å². The van der Waals surface area contributed by atoms with E-state index in [4.69, 9.17) is 9.15 Å². The number of unbranched alkanes of at least 4 members (excludes halogenated alkanes) is 1. The number of ether oxygens (including phenoxy) is 1. The Kier molecular flexibility index (Phi) is 5.90. The number of aromatic nitrogens is 2. The Bertz CT molecular complexity index is 395. The van der Waals surface area contributed by atoms with Gasteiger partial charge in [-0.1, -0.05) is 45.4 Å². The average molecular weight is 298 g/mol. The van der Waals surface area contributed by atoms with E-state index < -0.39 is 0 Å². The fourth-order valence-electron chi connectivity index (χ4n) is 2.30. The van der Waals surface area contributed by atoms with E-state index in [1.165, 1.54) is 32.1 Å². The molecule has 1 aromatic rings. The Hall–Kier alpha value is -0.550. The van der Waals surface area contributed by atoms with Crippen LogP contribution in [0.3, 0.4) is 0 Å². The molecule has 1 aliphatic rings. The van der Waals surface area contributed by atoms with E-state index in [9.17, 15) is 0 Å². The van der Waals surface area contributed by atoms with Crippen molar-refractivity contribution in [3.63, 3.8) is 0 Å². The van der Waals surface area contributed by atoms with E-state index >= 15 is 0 Å². The zero-order valence-corrected chi connectivity index (χ0v) is 13.7. The molecule has 0 N–H and O–H groups in total. The molecule has 5 heteroatoms. The molecule has 0 aliphatic carbocycles. The summed E-state index contributed by atoms with van der Waals surface area (Å²) in [6, 6.07) is 0. The molecule has 0 radical (unpaired) electrons. The van der Waals surface area contributed by atoms with Crippen molar-refractivity contribution in [3.05, 3.63) is 5.89 Å². The second kappa shape index (κ2) is 7.46. The second-order valence-corrected chi connectivity index (χ2v) is 7.57. The Labute approximate surface area is 126 Å². The van der Waals surface area contributed by atoms with Crippen LogP contribution in [-0.2, 0) is 10.2 Å². The summed E-state index contributed by atoms with van der Waals surface area (Å²) in [4.78, 5) is 0. The van der Waals surface area contributed by atoms with Gasteiger partial charge in [-0.25, -0.2) is 0 Å². The van der Waals surface area contributed by atoms with E-state index in [1.54, 1.807) is 11.8 Å². The standard InChI is InChI=1S/C15H26N2O2S/c1-15(2,3)13-16-17-14(19-13)20-11-5-4-6-12-7-9-18-10-8-12/h12H,4-11H2,1-3H3. The zero-order chi connectivity index (χ0) is 14.4. The van der Waals surface area contributed by atoms with Crippen molar-refractivity contribution in [3.8, 4) is 0 Å². The van der Waals surface area contributed by atoms with Crippen LogP contribution in [0.5, 0.6) is 0 Å². The minimum atomic E-state index is -0.0607. The fraction of sp³-hybridized carbons (Fsp3) is 0.867. The maximum absolute atomic E-state index is 5.67. The number of hydrogen-bond donors (Lipinski definition) is 0. The molecule has 0 bridgehead atoms. The summed E-state index contributed by atoms with van der Waals surface area (Å²) >= 11 is 1.68. The highest BCUT2D eigenvalue weighted by atomic mass is 32.2. The molecule has 2 rings (SSSR count). The van der Waals surface area contributed by atoms with E-state index in [1.807, 2.05) is 0 Å². The van der Waals surface area contributed by atoms with Crippen molar-refractivity contribution in [1.29, 1.82) is 0 Å². The van der Waals surface area contributed by atoms with Crippen LogP contribution in [0.15, 0.2) is 9.64 Å². The van der Waals surface area contributed by atoms with E-state index in [2.05, 4.69) is 31.0 Å². The summed E-state index contributed by atoms with van der Waals surface area (Å²) in [7, 11) is 0. The van der Waals surface area contributed by atoms with E-state index in [0.717, 1.165) is 30.8 Å². The quantitative estimate of drug-likeness (QED) is 0.585. The van der Waals surface area contributed by atoms with Crippen LogP contribution in [0.2, 0.25) is 0 Å². The summed E-state index contributed by atoms with van der Waals surface area (Å²) in [5.41, 5.74) is -0.0607. The summed E-state index contributed by atoms with van der Waals surface area (Å²) in [6.45, 7) is 8.17. The largest absolute Gasteiger partial charge is 0.415 e. The van der Waals surface area contributed by atoms with Gasteiger partial charge >= 0.3 is 0 Å². The van der Waals surface area contributed by atoms with Gasteiger partial charge in [0.15, 0.2) is 0 Å². The summed E-state index contributed by atoms with van der Waals surface area (Å²) < 4.78 is 11.1. The highest BCUT2D eigenvalue weighted by molar-refractivity contribution is 7.99. The van der Waals surface area contributed by atoms with Gasteiger partial charge in [0.2, 0.25) is 5.89 Å². The van der Waals surface area contributed by atoms with Gasteiger partial charge in [-0.05, 0) is 25.2 Å². The molecule has 1 fully saturated rings. The first kappa shape index (κ1) is 15.8. The van der Waals surface area contributed by atoms with Crippen LogP contribution in [-0.4, -0.2) is 29.2 Å². The predicted molar refractivity (Wildman–Crippen MR) is 81.1 cm³/mol. The maximum Gasteiger partial charge on any atom is 0.276 e. The number of hydrogen-bond acceptors (Lipinski definition) is 5. The van der Waals surface area contributed by atoms with Gasteiger partial charge in [-0.15, -0.1) is 10.2 Å². The van der Waals surface area contributed by atoms with Crippen LogP contribution in [0.1, 0.15) is 58.8 Å². The minimum Gasteiger partial charge on any atom is -0.415 e. The summed E-state index contributed by atoms with van der Waals surface area (Å²) in [5, 5.41) is 8.92. The second-order valence-electron chi connectivity index (χ2n) is 6.52. The van der Waals surface area contributed by atoms with Crippen molar-refractivity contribution in [1.82, 2.24) is 10.2 Å².